The zero-order chi connectivity index (χ0) is 35.9. The van der Waals surface area contributed by atoms with Crippen molar-refractivity contribution in [2.45, 2.75) is 31.8 Å². The van der Waals surface area contributed by atoms with Crippen LogP contribution in [0.5, 0.6) is 5.75 Å². The quantitative estimate of drug-likeness (QED) is 0.164. The zero-order valence-corrected chi connectivity index (χ0v) is 28.1. The Morgan fingerprint density at radius 3 is 2.62 bits per heavy atom. The van der Waals surface area contributed by atoms with Crippen molar-refractivity contribution >= 4 is 22.9 Å². The van der Waals surface area contributed by atoms with Gasteiger partial charge >= 0.3 is 0 Å². The Kier molecular flexibility index (Phi) is 7.99. The van der Waals surface area contributed by atoms with E-state index in [0.717, 1.165) is 22.4 Å². The maximum atomic E-state index is 15.7. The van der Waals surface area contributed by atoms with Crippen LogP contribution < -0.4 is 15.8 Å². The number of rotatable bonds is 9. The number of hydrogen-bond donors (Lipinski definition) is 2. The predicted molar refractivity (Wildman–Crippen MR) is 193 cm³/mol. The lowest BCUT2D eigenvalue weighted by atomic mass is 10.0. The Morgan fingerprint density at radius 2 is 1.81 bits per heavy atom. The molecule has 1 amide bonds. The first-order chi connectivity index (χ1) is 26.0. The number of hydrogen-bond acceptors (Lipinski definition) is 9. The molecular formula is C40H31FN8O4. The van der Waals surface area contributed by atoms with Crippen molar-refractivity contribution in [1.29, 1.82) is 0 Å². The number of benzene rings is 3. The third-order valence-corrected chi connectivity index (χ3v) is 9.37. The highest BCUT2D eigenvalue weighted by Gasteiger charge is 2.30. The molecule has 0 unspecified atom stereocenters. The number of anilines is 1. The Balaban J connectivity index is 1.02. The monoisotopic (exact) mass is 706 g/mol. The standard InChI is InChI=1S/C40H31FN8O4/c41-31-22-34(53-23-24-6-2-1-3-7-24)30(40-51-18-19-52-40)21-29(31)39(50)46-32-12-9-25-20-26(10-11-27(25)32)49-37(28-8-4-15-43-36(28)42)45-33-13-14-35(47-38(33)49)48-17-5-16-44-48/h1-8,10-11,13-22,32,40H,9,12,23H2,(H2,42,43)(H,46,50)/t32-/m0/s1. The van der Waals surface area contributed by atoms with Crippen molar-refractivity contribution in [3.8, 4) is 28.6 Å². The van der Waals surface area contributed by atoms with Crippen molar-refractivity contribution < 1.29 is 23.4 Å². The lowest BCUT2D eigenvalue weighted by Crippen LogP contribution is -2.28. The molecule has 262 valence electrons. The van der Waals surface area contributed by atoms with E-state index >= 15 is 4.39 Å². The first kappa shape index (κ1) is 31.9. The first-order valence-electron chi connectivity index (χ1n) is 17.0. The highest BCUT2D eigenvalue weighted by Crippen LogP contribution is 2.38. The Labute approximate surface area is 302 Å². The second-order valence-electron chi connectivity index (χ2n) is 12.6. The number of ether oxygens (including phenoxy) is 3. The number of nitrogens with zero attached hydrogens (tertiary/aromatic N) is 6. The van der Waals surface area contributed by atoms with E-state index in [9.17, 15) is 4.79 Å². The molecule has 5 heterocycles. The largest absolute Gasteiger partial charge is 0.488 e. The van der Waals surface area contributed by atoms with Gasteiger partial charge in [0.25, 0.3) is 12.2 Å². The van der Waals surface area contributed by atoms with Crippen molar-refractivity contribution in [2.24, 2.45) is 0 Å². The minimum Gasteiger partial charge on any atom is -0.488 e. The Hall–Kier alpha value is -7.02. The number of halogens is 1. The van der Waals surface area contributed by atoms with Crippen LogP contribution in [0, 0.1) is 5.82 Å². The summed E-state index contributed by atoms with van der Waals surface area (Å²) in [5, 5.41) is 7.40. The van der Waals surface area contributed by atoms with Crippen molar-refractivity contribution in [2.75, 3.05) is 5.73 Å². The van der Waals surface area contributed by atoms with Gasteiger partial charge in [-0.25, -0.2) is 24.0 Å². The molecule has 12 nitrogen and oxygen atoms in total. The topological polar surface area (TPSA) is 144 Å². The summed E-state index contributed by atoms with van der Waals surface area (Å²) in [5.41, 5.74) is 12.3. The molecule has 13 heteroatoms. The maximum Gasteiger partial charge on any atom is 0.269 e. The van der Waals surface area contributed by atoms with E-state index < -0.39 is 18.0 Å². The van der Waals surface area contributed by atoms with Crippen LogP contribution in [0.1, 0.15) is 51.4 Å². The summed E-state index contributed by atoms with van der Waals surface area (Å²) in [6.07, 6.45) is 8.39. The molecular weight excluding hydrogens is 675 g/mol. The third kappa shape index (κ3) is 5.97. The van der Waals surface area contributed by atoms with Crippen LogP contribution in [0.3, 0.4) is 0 Å². The number of carbonyl (C=O) groups excluding carboxylic acids is 1. The number of nitrogens with one attached hydrogen (secondary N) is 1. The number of fused-ring (bicyclic) bond motifs is 2. The molecule has 7 aromatic rings. The number of imidazole rings is 1. The highest BCUT2D eigenvalue weighted by atomic mass is 19.1. The highest BCUT2D eigenvalue weighted by molar-refractivity contribution is 5.95. The number of amides is 1. The molecule has 1 atom stereocenters. The van der Waals surface area contributed by atoms with E-state index in [1.807, 2.05) is 83.6 Å². The lowest BCUT2D eigenvalue weighted by molar-refractivity contribution is -0.0266. The molecule has 3 aromatic carbocycles. The number of pyridine rings is 2. The van der Waals surface area contributed by atoms with Crippen LogP contribution in [0.25, 0.3) is 34.1 Å². The van der Waals surface area contributed by atoms with Crippen molar-refractivity contribution in [3.63, 3.8) is 0 Å². The zero-order valence-electron chi connectivity index (χ0n) is 28.1. The summed E-state index contributed by atoms with van der Waals surface area (Å²) < 4.78 is 36.4. The summed E-state index contributed by atoms with van der Waals surface area (Å²) in [4.78, 5) is 27.9. The van der Waals surface area contributed by atoms with E-state index in [0.29, 0.717) is 52.6 Å². The van der Waals surface area contributed by atoms with Crippen LogP contribution in [0.2, 0.25) is 0 Å². The minimum absolute atomic E-state index is 0.140. The molecule has 53 heavy (non-hydrogen) atoms. The smallest absolute Gasteiger partial charge is 0.269 e. The molecule has 1 aliphatic heterocycles. The van der Waals surface area contributed by atoms with Crippen LogP contribution in [-0.2, 0) is 22.5 Å². The van der Waals surface area contributed by atoms with E-state index in [1.54, 1.807) is 17.1 Å². The van der Waals surface area contributed by atoms with E-state index in [4.69, 9.17) is 29.9 Å². The second-order valence-corrected chi connectivity index (χ2v) is 12.6. The molecule has 3 N–H and O–H groups in total. The fraction of sp³-hybridized carbons (Fsp3) is 0.125. The van der Waals surface area contributed by atoms with Crippen LogP contribution in [0.4, 0.5) is 10.2 Å². The van der Waals surface area contributed by atoms with Gasteiger partial charge in [0.1, 0.15) is 42.0 Å². The summed E-state index contributed by atoms with van der Waals surface area (Å²) in [5.74, 6) is 0.509. The number of aromatic nitrogens is 6. The molecule has 0 spiro atoms. The number of aryl methyl sites for hydroxylation is 1. The number of carbonyl (C=O) groups is 1. The molecule has 0 radical (unpaired) electrons. The van der Waals surface area contributed by atoms with Gasteiger partial charge in [-0.3, -0.25) is 9.36 Å². The third-order valence-electron chi connectivity index (χ3n) is 9.37. The summed E-state index contributed by atoms with van der Waals surface area (Å²) in [7, 11) is 0. The van der Waals surface area contributed by atoms with Crippen LogP contribution >= 0.6 is 0 Å². The minimum atomic E-state index is -0.880. The normalized spacial score (nSPS) is 14.9. The van der Waals surface area contributed by atoms with E-state index in [2.05, 4.69) is 21.5 Å². The molecule has 9 rings (SSSR count). The number of nitrogen functional groups attached to an aromatic ring is 1. The summed E-state index contributed by atoms with van der Waals surface area (Å²) in [6, 6.07) is 27.1. The van der Waals surface area contributed by atoms with Gasteiger partial charge in [-0.2, -0.15) is 5.10 Å². The summed E-state index contributed by atoms with van der Waals surface area (Å²) in [6.45, 7) is 0.202. The van der Waals surface area contributed by atoms with Gasteiger partial charge in [0.05, 0.1) is 22.7 Å². The molecule has 1 aliphatic carbocycles. The molecule has 0 saturated carbocycles. The average molecular weight is 707 g/mol. The predicted octanol–water partition coefficient (Wildman–Crippen LogP) is 6.90. The number of nitrogens with two attached hydrogens (primary N) is 1. The van der Waals surface area contributed by atoms with Crippen molar-refractivity contribution in [1.82, 2.24) is 34.6 Å². The van der Waals surface area contributed by atoms with Gasteiger partial charge in [-0.1, -0.05) is 36.4 Å². The fourth-order valence-electron chi connectivity index (χ4n) is 6.82. The Bertz CT molecular complexity index is 2510. The van der Waals surface area contributed by atoms with Crippen LogP contribution in [0.15, 0.2) is 122 Å². The molecule has 0 bridgehead atoms. The van der Waals surface area contributed by atoms with Gasteiger partial charge < -0.3 is 25.3 Å². The maximum absolute atomic E-state index is 15.7. The van der Waals surface area contributed by atoms with Gasteiger partial charge in [0.15, 0.2) is 17.3 Å². The lowest BCUT2D eigenvalue weighted by Gasteiger charge is -2.19. The first-order valence-corrected chi connectivity index (χ1v) is 17.0. The summed E-state index contributed by atoms with van der Waals surface area (Å²) >= 11 is 0. The van der Waals surface area contributed by atoms with Crippen molar-refractivity contribution in [3.05, 3.63) is 156 Å². The van der Waals surface area contributed by atoms with Gasteiger partial charge in [-0.15, -0.1) is 0 Å². The second kappa shape index (κ2) is 13.3. The molecule has 2 aliphatic rings. The Morgan fingerprint density at radius 1 is 0.943 bits per heavy atom. The van der Waals surface area contributed by atoms with Gasteiger partial charge in [0, 0.05) is 30.3 Å². The SMILES string of the molecule is Nc1ncccc1-c1nc2ccc(-n3cccn3)nc2n1-c1ccc2c(c1)CC[C@@H]2NC(=O)c1cc(C2OC=CO2)c(OCc2ccccc2)cc1F. The average Bonchev–Trinajstić information content (AvgIpc) is 4.02. The molecule has 0 saturated heterocycles. The van der Waals surface area contributed by atoms with Gasteiger partial charge in [0.2, 0.25) is 0 Å². The fourth-order valence-corrected chi connectivity index (χ4v) is 6.82. The van der Waals surface area contributed by atoms with E-state index in [1.165, 1.54) is 24.7 Å². The van der Waals surface area contributed by atoms with Crippen LogP contribution in [-0.4, -0.2) is 35.2 Å². The molecule has 4 aromatic heterocycles. The van der Waals surface area contributed by atoms with E-state index in [-0.39, 0.29) is 24.0 Å². The molecule has 0 fully saturated rings. The van der Waals surface area contributed by atoms with Gasteiger partial charge in [-0.05, 0) is 78.1 Å².